The van der Waals surface area contributed by atoms with Gasteiger partial charge >= 0.3 is 6.18 Å². The van der Waals surface area contributed by atoms with E-state index < -0.39 is 12.8 Å². The van der Waals surface area contributed by atoms with E-state index in [1.165, 1.54) is 7.11 Å². The van der Waals surface area contributed by atoms with Crippen molar-refractivity contribution in [3.63, 3.8) is 0 Å². The Morgan fingerprint density at radius 1 is 1.17 bits per heavy atom. The van der Waals surface area contributed by atoms with Crippen molar-refractivity contribution in [2.24, 2.45) is 0 Å². The van der Waals surface area contributed by atoms with Crippen molar-refractivity contribution >= 4 is 17.4 Å². The van der Waals surface area contributed by atoms with Gasteiger partial charge in [0.15, 0.2) is 18.1 Å². The number of piperidine rings is 1. The van der Waals surface area contributed by atoms with Gasteiger partial charge in [-0.1, -0.05) is 6.07 Å². The molecule has 1 aromatic carbocycles. The van der Waals surface area contributed by atoms with Gasteiger partial charge in [0.25, 0.3) is 0 Å². The minimum absolute atomic E-state index is 0.0971. The van der Waals surface area contributed by atoms with Crippen LogP contribution in [-0.4, -0.2) is 53.9 Å². The number of benzene rings is 1. The van der Waals surface area contributed by atoms with Crippen molar-refractivity contribution in [3.05, 3.63) is 40.8 Å². The molecule has 164 valence electrons. The summed E-state index contributed by atoms with van der Waals surface area (Å²) in [6.07, 6.45) is -2.58. The molecule has 0 bridgehead atoms. The summed E-state index contributed by atoms with van der Waals surface area (Å²) >= 11 is 5.91. The zero-order valence-corrected chi connectivity index (χ0v) is 17.6. The molecule has 1 aliphatic heterocycles. The molecular weight excluding hydrogens is 421 g/mol. The van der Waals surface area contributed by atoms with Gasteiger partial charge in [-0.05, 0) is 49.1 Å². The van der Waals surface area contributed by atoms with Gasteiger partial charge in [0.1, 0.15) is 5.82 Å². The zero-order valence-electron chi connectivity index (χ0n) is 16.8. The number of alkyl halides is 3. The molecule has 0 spiro atoms. The van der Waals surface area contributed by atoms with Crippen LogP contribution in [0.5, 0.6) is 11.5 Å². The third-order valence-electron chi connectivity index (χ3n) is 4.79. The predicted octanol–water partition coefficient (Wildman–Crippen LogP) is 4.46. The van der Waals surface area contributed by atoms with Gasteiger partial charge in [0.05, 0.1) is 7.11 Å². The first-order chi connectivity index (χ1) is 14.2. The molecule has 1 N–H and O–H groups in total. The molecule has 1 saturated heterocycles. The number of halogens is 4. The summed E-state index contributed by atoms with van der Waals surface area (Å²) in [5.74, 6) is 1.09. The van der Waals surface area contributed by atoms with Crippen LogP contribution in [0.2, 0.25) is 5.28 Å². The molecule has 0 unspecified atom stereocenters. The van der Waals surface area contributed by atoms with Gasteiger partial charge in [-0.15, -0.1) is 0 Å². The second-order valence-corrected chi connectivity index (χ2v) is 7.59. The fraction of sp³-hybridized carbons (Fsp3) is 0.500. The SMILES string of the molecule is COc1ccc(CN2CCC(Nc3cc(C)nc(Cl)n3)CC2)cc1OCC(F)(F)F. The van der Waals surface area contributed by atoms with Crippen molar-refractivity contribution in [1.82, 2.24) is 14.9 Å². The van der Waals surface area contributed by atoms with E-state index in [9.17, 15) is 13.2 Å². The second kappa shape index (κ2) is 9.70. The van der Waals surface area contributed by atoms with E-state index in [1.807, 2.05) is 19.1 Å². The van der Waals surface area contributed by atoms with E-state index in [0.29, 0.717) is 12.4 Å². The van der Waals surface area contributed by atoms with Crippen molar-refractivity contribution in [3.8, 4) is 11.5 Å². The lowest BCUT2D eigenvalue weighted by molar-refractivity contribution is -0.153. The van der Waals surface area contributed by atoms with Gasteiger partial charge in [0.2, 0.25) is 5.28 Å². The maximum absolute atomic E-state index is 12.5. The van der Waals surface area contributed by atoms with E-state index >= 15 is 0 Å². The summed E-state index contributed by atoms with van der Waals surface area (Å²) in [6.45, 7) is 2.83. The van der Waals surface area contributed by atoms with Crippen LogP contribution in [0.4, 0.5) is 19.0 Å². The van der Waals surface area contributed by atoms with Gasteiger partial charge in [-0.2, -0.15) is 13.2 Å². The number of methoxy groups -OCH3 is 1. The summed E-state index contributed by atoms with van der Waals surface area (Å²) in [4.78, 5) is 10.5. The molecule has 0 radical (unpaired) electrons. The van der Waals surface area contributed by atoms with Crippen LogP contribution < -0.4 is 14.8 Å². The van der Waals surface area contributed by atoms with Crippen LogP contribution in [0.15, 0.2) is 24.3 Å². The summed E-state index contributed by atoms with van der Waals surface area (Å²) in [6, 6.07) is 7.22. The largest absolute Gasteiger partial charge is 0.493 e. The molecule has 2 aromatic rings. The molecule has 1 aromatic heterocycles. The molecule has 0 saturated carbocycles. The molecule has 3 rings (SSSR count). The molecule has 0 aliphatic carbocycles. The number of aromatic nitrogens is 2. The average molecular weight is 445 g/mol. The van der Waals surface area contributed by atoms with E-state index in [2.05, 4.69) is 20.2 Å². The number of likely N-dealkylation sites (tertiary alicyclic amines) is 1. The molecular formula is C20H24ClF3N4O2. The van der Waals surface area contributed by atoms with Crippen LogP contribution in [0.25, 0.3) is 0 Å². The monoisotopic (exact) mass is 444 g/mol. The zero-order chi connectivity index (χ0) is 21.7. The average Bonchev–Trinajstić information content (AvgIpc) is 2.67. The number of anilines is 1. The molecule has 6 nitrogen and oxygen atoms in total. The Balaban J connectivity index is 1.55. The minimum Gasteiger partial charge on any atom is -0.493 e. The van der Waals surface area contributed by atoms with Crippen LogP contribution in [0, 0.1) is 6.92 Å². The second-order valence-electron chi connectivity index (χ2n) is 7.25. The van der Waals surface area contributed by atoms with E-state index in [4.69, 9.17) is 21.1 Å². The Morgan fingerprint density at radius 3 is 2.53 bits per heavy atom. The number of hydrogen-bond acceptors (Lipinski definition) is 6. The summed E-state index contributed by atoms with van der Waals surface area (Å²) in [5.41, 5.74) is 1.68. The van der Waals surface area contributed by atoms with Crippen molar-refractivity contribution in [2.45, 2.75) is 38.5 Å². The molecule has 2 heterocycles. The first-order valence-corrected chi connectivity index (χ1v) is 9.96. The highest BCUT2D eigenvalue weighted by Gasteiger charge is 2.29. The summed E-state index contributed by atoms with van der Waals surface area (Å²) in [5, 5.41) is 3.62. The number of aryl methyl sites for hydroxylation is 1. The molecule has 30 heavy (non-hydrogen) atoms. The van der Waals surface area contributed by atoms with Gasteiger partial charge < -0.3 is 14.8 Å². The third kappa shape index (κ3) is 6.63. The Hall–Kier alpha value is -2.26. The number of ether oxygens (including phenoxy) is 2. The highest BCUT2D eigenvalue weighted by atomic mass is 35.5. The number of rotatable bonds is 7. The Labute approximate surface area is 178 Å². The van der Waals surface area contributed by atoms with Gasteiger partial charge in [-0.3, -0.25) is 4.90 Å². The molecule has 1 fully saturated rings. The van der Waals surface area contributed by atoms with Crippen LogP contribution in [-0.2, 0) is 6.54 Å². The van der Waals surface area contributed by atoms with Crippen molar-refractivity contribution < 1.29 is 22.6 Å². The fourth-order valence-corrected chi connectivity index (χ4v) is 3.63. The standard InChI is InChI=1S/C20H24ClF3N4O2/c1-13-9-18(27-19(21)25-13)26-15-5-7-28(8-6-15)11-14-3-4-16(29-2)17(10-14)30-12-20(22,23)24/h3-4,9-10,15H,5-8,11-12H2,1-2H3,(H,25,26,27). The highest BCUT2D eigenvalue weighted by molar-refractivity contribution is 6.28. The highest BCUT2D eigenvalue weighted by Crippen LogP contribution is 2.30. The maximum Gasteiger partial charge on any atom is 0.422 e. The third-order valence-corrected chi connectivity index (χ3v) is 4.96. The molecule has 1 aliphatic rings. The lowest BCUT2D eigenvalue weighted by Gasteiger charge is -2.32. The topological polar surface area (TPSA) is 59.5 Å². The van der Waals surface area contributed by atoms with Crippen molar-refractivity contribution in [1.29, 1.82) is 0 Å². The molecule has 0 atom stereocenters. The van der Waals surface area contributed by atoms with E-state index in [-0.39, 0.29) is 22.8 Å². The normalized spacial score (nSPS) is 15.8. The van der Waals surface area contributed by atoms with E-state index in [0.717, 1.165) is 37.2 Å². The smallest absolute Gasteiger partial charge is 0.422 e. The Bertz CT molecular complexity index is 838. The number of nitrogens with zero attached hydrogens (tertiary/aromatic N) is 3. The summed E-state index contributed by atoms with van der Waals surface area (Å²) in [7, 11) is 1.40. The van der Waals surface area contributed by atoms with Gasteiger partial charge in [0, 0.05) is 37.4 Å². The maximum atomic E-state index is 12.5. The minimum atomic E-state index is -4.40. The summed E-state index contributed by atoms with van der Waals surface area (Å²) < 4.78 is 47.5. The quantitative estimate of drug-likeness (QED) is 0.636. The van der Waals surface area contributed by atoms with Crippen LogP contribution in [0.1, 0.15) is 24.1 Å². The Kier molecular flexibility index (Phi) is 7.25. The van der Waals surface area contributed by atoms with Gasteiger partial charge in [-0.25, -0.2) is 9.97 Å². The van der Waals surface area contributed by atoms with E-state index in [1.54, 1.807) is 12.1 Å². The predicted molar refractivity (Wildman–Crippen MR) is 108 cm³/mol. The van der Waals surface area contributed by atoms with Crippen LogP contribution >= 0.6 is 11.6 Å². The fourth-order valence-electron chi connectivity index (χ4n) is 3.40. The lowest BCUT2D eigenvalue weighted by atomic mass is 10.0. The lowest BCUT2D eigenvalue weighted by Crippen LogP contribution is -2.38. The molecule has 0 amide bonds. The van der Waals surface area contributed by atoms with Crippen molar-refractivity contribution in [2.75, 3.05) is 32.1 Å². The Morgan fingerprint density at radius 2 is 1.90 bits per heavy atom. The number of nitrogens with one attached hydrogen (secondary N) is 1. The first-order valence-electron chi connectivity index (χ1n) is 9.58. The van der Waals surface area contributed by atoms with Crippen LogP contribution in [0.3, 0.4) is 0 Å². The number of hydrogen-bond donors (Lipinski definition) is 1. The molecule has 10 heteroatoms. The first kappa shape index (κ1) is 22.4.